The van der Waals surface area contributed by atoms with Gasteiger partial charge in [-0.2, -0.15) is 13.2 Å². The third-order valence-corrected chi connectivity index (χ3v) is 4.97. The lowest BCUT2D eigenvalue weighted by molar-refractivity contribution is -0.141. The predicted octanol–water partition coefficient (Wildman–Crippen LogP) is 3.72. The average molecular weight is 359 g/mol. The Hall–Kier alpha value is -1.32. The molecule has 132 valence electrons. The number of alkyl halides is 3. The molecule has 2 aromatic heterocycles. The van der Waals surface area contributed by atoms with Gasteiger partial charge in [-0.05, 0) is 51.9 Å². The molecular weight excluding hydrogens is 339 g/mol. The molecule has 0 unspecified atom stereocenters. The summed E-state index contributed by atoms with van der Waals surface area (Å²) in [5, 5.41) is 0. The zero-order chi connectivity index (χ0) is 17.3. The fraction of sp³-hybridized carbons (Fsp3) is 0.600. The average Bonchev–Trinajstić information content (AvgIpc) is 2.95. The zero-order valence-electron chi connectivity index (χ0n) is 13.5. The van der Waals surface area contributed by atoms with Gasteiger partial charge in [0.05, 0.1) is 5.52 Å². The van der Waals surface area contributed by atoms with Crippen molar-refractivity contribution in [2.75, 3.05) is 14.1 Å². The topological polar surface area (TPSA) is 56.8 Å². The van der Waals surface area contributed by atoms with Crippen LogP contribution < -0.4 is 4.72 Å². The van der Waals surface area contributed by atoms with Gasteiger partial charge in [-0.3, -0.25) is 0 Å². The third-order valence-electron chi connectivity index (χ3n) is 4.17. The molecule has 0 spiro atoms. The molecule has 3 rings (SSSR count). The Bertz CT molecular complexity index is 692. The Morgan fingerprint density at radius 3 is 2.50 bits per heavy atom. The molecule has 1 aliphatic rings. The SMILES string of the molecule is CN(C)SNC1CCC(c2nc3nc(C(F)(F)F)ccc3[nH]2)CC1. The highest BCUT2D eigenvalue weighted by molar-refractivity contribution is 7.95. The van der Waals surface area contributed by atoms with Gasteiger partial charge in [0.25, 0.3) is 0 Å². The number of pyridine rings is 1. The molecule has 0 amide bonds. The van der Waals surface area contributed by atoms with Crippen molar-refractivity contribution in [2.24, 2.45) is 0 Å². The van der Waals surface area contributed by atoms with Crippen molar-refractivity contribution in [1.82, 2.24) is 24.0 Å². The van der Waals surface area contributed by atoms with Crippen molar-refractivity contribution >= 4 is 23.3 Å². The second-order valence-electron chi connectivity index (χ2n) is 6.26. The smallest absolute Gasteiger partial charge is 0.340 e. The molecule has 2 aromatic rings. The van der Waals surface area contributed by atoms with E-state index in [0.717, 1.165) is 37.6 Å². The molecule has 1 fully saturated rings. The molecule has 1 aliphatic carbocycles. The van der Waals surface area contributed by atoms with Crippen LogP contribution in [0.2, 0.25) is 0 Å². The first-order chi connectivity index (χ1) is 11.3. The van der Waals surface area contributed by atoms with Crippen LogP contribution in [-0.2, 0) is 6.18 Å². The fourth-order valence-corrected chi connectivity index (χ4v) is 3.52. The normalized spacial score (nSPS) is 22.4. The highest BCUT2D eigenvalue weighted by atomic mass is 32.2. The van der Waals surface area contributed by atoms with E-state index in [1.807, 2.05) is 18.4 Å². The van der Waals surface area contributed by atoms with Crippen LogP contribution in [0, 0.1) is 0 Å². The molecule has 0 saturated heterocycles. The highest BCUT2D eigenvalue weighted by Gasteiger charge is 2.33. The van der Waals surface area contributed by atoms with E-state index >= 15 is 0 Å². The Labute approximate surface area is 142 Å². The van der Waals surface area contributed by atoms with Crippen molar-refractivity contribution in [3.8, 4) is 0 Å². The summed E-state index contributed by atoms with van der Waals surface area (Å²) in [6.07, 6.45) is -0.496. The zero-order valence-corrected chi connectivity index (χ0v) is 14.3. The first kappa shape index (κ1) is 17.5. The van der Waals surface area contributed by atoms with Gasteiger partial charge in [0, 0.05) is 24.1 Å². The summed E-state index contributed by atoms with van der Waals surface area (Å²) in [6, 6.07) is 2.85. The first-order valence-electron chi connectivity index (χ1n) is 7.86. The van der Waals surface area contributed by atoms with E-state index in [0.29, 0.717) is 11.6 Å². The van der Waals surface area contributed by atoms with Gasteiger partial charge < -0.3 is 4.98 Å². The second-order valence-corrected chi connectivity index (χ2v) is 7.41. The maximum Gasteiger partial charge on any atom is 0.433 e. The number of imidazole rings is 1. The second kappa shape index (κ2) is 6.89. The monoisotopic (exact) mass is 359 g/mol. The van der Waals surface area contributed by atoms with Crippen LogP contribution in [0.5, 0.6) is 0 Å². The number of hydrogen-bond acceptors (Lipinski definition) is 5. The van der Waals surface area contributed by atoms with Crippen LogP contribution in [0.4, 0.5) is 13.2 Å². The summed E-state index contributed by atoms with van der Waals surface area (Å²) in [6.45, 7) is 0. The maximum absolute atomic E-state index is 12.7. The molecule has 0 radical (unpaired) electrons. The van der Waals surface area contributed by atoms with E-state index in [1.54, 1.807) is 12.1 Å². The molecule has 2 heterocycles. The summed E-state index contributed by atoms with van der Waals surface area (Å²) >= 11 is 1.59. The van der Waals surface area contributed by atoms with E-state index in [2.05, 4.69) is 19.7 Å². The number of nitrogens with one attached hydrogen (secondary N) is 2. The van der Waals surface area contributed by atoms with Gasteiger partial charge >= 0.3 is 6.18 Å². The van der Waals surface area contributed by atoms with E-state index in [9.17, 15) is 13.2 Å². The van der Waals surface area contributed by atoms with Gasteiger partial charge in [-0.1, -0.05) is 0 Å². The molecule has 0 bridgehead atoms. The van der Waals surface area contributed by atoms with Crippen LogP contribution in [0.1, 0.15) is 43.1 Å². The van der Waals surface area contributed by atoms with Gasteiger partial charge in [0.2, 0.25) is 0 Å². The minimum absolute atomic E-state index is 0.142. The number of H-pyrrole nitrogens is 1. The summed E-state index contributed by atoms with van der Waals surface area (Å²) in [5.74, 6) is 0.992. The molecule has 2 N–H and O–H groups in total. The number of fused-ring (bicyclic) bond motifs is 1. The lowest BCUT2D eigenvalue weighted by Gasteiger charge is -2.28. The van der Waals surface area contributed by atoms with Crippen molar-refractivity contribution in [3.05, 3.63) is 23.7 Å². The lowest BCUT2D eigenvalue weighted by atomic mass is 9.86. The maximum atomic E-state index is 12.7. The molecule has 1 saturated carbocycles. The molecule has 0 aliphatic heterocycles. The number of hydrogen-bond donors (Lipinski definition) is 2. The minimum atomic E-state index is -4.44. The van der Waals surface area contributed by atoms with Crippen LogP contribution in [0.25, 0.3) is 11.2 Å². The van der Waals surface area contributed by atoms with Crippen molar-refractivity contribution in [2.45, 2.75) is 43.8 Å². The van der Waals surface area contributed by atoms with Gasteiger partial charge in [0.15, 0.2) is 5.65 Å². The summed E-state index contributed by atoms with van der Waals surface area (Å²) in [7, 11) is 3.97. The van der Waals surface area contributed by atoms with E-state index in [-0.39, 0.29) is 11.6 Å². The molecule has 9 heteroatoms. The Kier molecular flexibility index (Phi) is 5.03. The third kappa shape index (κ3) is 4.01. The molecule has 0 aromatic carbocycles. The van der Waals surface area contributed by atoms with Crippen molar-refractivity contribution in [1.29, 1.82) is 0 Å². The molecule has 5 nitrogen and oxygen atoms in total. The largest absolute Gasteiger partial charge is 0.433 e. The Balaban J connectivity index is 1.68. The Morgan fingerprint density at radius 1 is 1.17 bits per heavy atom. The number of aromatic nitrogens is 3. The fourth-order valence-electron chi connectivity index (χ4n) is 2.93. The minimum Gasteiger partial charge on any atom is -0.340 e. The van der Waals surface area contributed by atoms with E-state index < -0.39 is 11.9 Å². The van der Waals surface area contributed by atoms with Gasteiger partial charge in [0.1, 0.15) is 11.5 Å². The van der Waals surface area contributed by atoms with Crippen LogP contribution in [0.15, 0.2) is 12.1 Å². The lowest BCUT2D eigenvalue weighted by Crippen LogP contribution is -2.30. The summed E-state index contributed by atoms with van der Waals surface area (Å²) < 4.78 is 43.6. The number of rotatable bonds is 4. The standard InChI is InChI=1S/C15H20F3N5S/c1-23(2)24-22-10-5-3-9(4-6-10)13-19-11-7-8-12(15(16,17)18)20-14(11)21-13/h7-10,22H,3-6H2,1-2H3,(H,19,20,21). The summed E-state index contributed by atoms with van der Waals surface area (Å²) in [4.78, 5) is 11.1. The van der Waals surface area contributed by atoms with E-state index in [1.165, 1.54) is 6.07 Å². The summed E-state index contributed by atoms with van der Waals surface area (Å²) in [5.41, 5.74) is -0.202. The van der Waals surface area contributed by atoms with Crippen LogP contribution >= 0.6 is 12.1 Å². The quantitative estimate of drug-likeness (QED) is 0.815. The molecule has 24 heavy (non-hydrogen) atoms. The highest BCUT2D eigenvalue weighted by Crippen LogP contribution is 2.34. The number of halogens is 3. The number of nitrogens with zero attached hydrogens (tertiary/aromatic N) is 3. The van der Waals surface area contributed by atoms with Crippen LogP contribution in [0.3, 0.4) is 0 Å². The van der Waals surface area contributed by atoms with Gasteiger partial charge in [-0.25, -0.2) is 19.0 Å². The van der Waals surface area contributed by atoms with E-state index in [4.69, 9.17) is 0 Å². The van der Waals surface area contributed by atoms with Crippen molar-refractivity contribution < 1.29 is 13.2 Å². The predicted molar refractivity (Wildman–Crippen MR) is 88.3 cm³/mol. The van der Waals surface area contributed by atoms with Crippen molar-refractivity contribution in [3.63, 3.8) is 0 Å². The molecular formula is C15H20F3N5S. The van der Waals surface area contributed by atoms with Gasteiger partial charge in [-0.15, -0.1) is 0 Å². The first-order valence-corrected chi connectivity index (χ1v) is 8.64. The Morgan fingerprint density at radius 2 is 1.88 bits per heavy atom. The number of aromatic amines is 1. The van der Waals surface area contributed by atoms with Crippen LogP contribution in [-0.4, -0.2) is 39.4 Å². The molecule has 0 atom stereocenters.